The molecule has 0 aliphatic heterocycles. The van der Waals surface area contributed by atoms with Gasteiger partial charge in [-0.1, -0.05) is 27.4 Å². The summed E-state index contributed by atoms with van der Waals surface area (Å²) in [5, 5.41) is 10.2. The Balaban J connectivity index is 2.22. The van der Waals surface area contributed by atoms with Gasteiger partial charge in [0.15, 0.2) is 5.69 Å². The average molecular weight is 335 g/mol. The second-order valence-corrected chi connectivity index (χ2v) is 6.43. The number of hydrogen-bond acceptors (Lipinski definition) is 5. The van der Waals surface area contributed by atoms with Crippen molar-refractivity contribution in [1.82, 2.24) is 14.4 Å². The maximum Gasteiger partial charge on any atom is 0.277 e. The summed E-state index contributed by atoms with van der Waals surface area (Å²) >= 11 is 11.6. The van der Waals surface area contributed by atoms with Crippen LogP contribution in [0.4, 0.5) is 5.69 Å². The number of hydrogen-bond donors (Lipinski definition) is 1. The molecule has 0 radical (unpaired) electrons. The van der Waals surface area contributed by atoms with Gasteiger partial charge < -0.3 is 5.32 Å². The lowest BCUT2D eigenvalue weighted by atomic mass is 10.3. The molecule has 106 valence electrons. The minimum absolute atomic E-state index is 0.151. The maximum absolute atomic E-state index is 11.9. The summed E-state index contributed by atoms with van der Waals surface area (Å²) in [5.41, 5.74) is 0.177. The lowest BCUT2D eigenvalue weighted by Crippen LogP contribution is -2.16. The largest absolute Gasteiger partial charge is 0.319 e. The summed E-state index contributed by atoms with van der Waals surface area (Å²) in [6.45, 7) is 0. The second kappa shape index (κ2) is 5.39. The minimum atomic E-state index is -3.63. The van der Waals surface area contributed by atoms with E-state index in [4.69, 9.17) is 23.2 Å². The maximum atomic E-state index is 11.9. The molecule has 0 aliphatic rings. The standard InChI is InChI=1S/C10H8Cl2N4O3S/c1-20(18,19)16-13-5-9(15-16)10(17)14-8-3-2-6(11)4-7(8)12/h2-5H,1H3,(H,14,17). The number of benzene rings is 1. The van der Waals surface area contributed by atoms with Crippen molar-refractivity contribution in [2.75, 3.05) is 11.6 Å². The van der Waals surface area contributed by atoms with Crippen molar-refractivity contribution < 1.29 is 13.2 Å². The molecular formula is C10H8Cl2N4O3S. The number of nitrogens with one attached hydrogen (secondary N) is 1. The molecule has 0 saturated heterocycles. The fourth-order valence-corrected chi connectivity index (χ4v) is 2.20. The molecule has 0 aliphatic carbocycles. The molecule has 10 heteroatoms. The number of aromatic nitrogens is 3. The predicted octanol–water partition coefficient (Wildman–Crippen LogP) is 1.64. The number of carbonyl (C=O) groups excluding carboxylic acids is 1. The molecule has 2 rings (SSSR count). The smallest absolute Gasteiger partial charge is 0.277 e. The van der Waals surface area contributed by atoms with E-state index >= 15 is 0 Å². The normalized spacial score (nSPS) is 11.3. The summed E-state index contributed by atoms with van der Waals surface area (Å²) in [4.78, 5) is 11.9. The van der Waals surface area contributed by atoms with E-state index in [9.17, 15) is 13.2 Å². The Morgan fingerprint density at radius 2 is 2.05 bits per heavy atom. The Morgan fingerprint density at radius 3 is 2.60 bits per heavy atom. The van der Waals surface area contributed by atoms with Crippen molar-refractivity contribution in [1.29, 1.82) is 0 Å². The lowest BCUT2D eigenvalue weighted by Gasteiger charge is -2.05. The van der Waals surface area contributed by atoms with Crippen LogP contribution in [0.5, 0.6) is 0 Å². The second-order valence-electron chi connectivity index (χ2n) is 3.79. The fourth-order valence-electron chi connectivity index (χ4n) is 1.29. The quantitative estimate of drug-likeness (QED) is 0.920. The fraction of sp³-hybridized carbons (Fsp3) is 0.100. The molecule has 1 aromatic carbocycles. The monoisotopic (exact) mass is 334 g/mol. The Kier molecular flexibility index (Phi) is 3.98. The van der Waals surface area contributed by atoms with Gasteiger partial charge in [0.2, 0.25) is 0 Å². The van der Waals surface area contributed by atoms with Crippen molar-refractivity contribution in [2.45, 2.75) is 0 Å². The van der Waals surface area contributed by atoms with E-state index in [0.29, 0.717) is 14.9 Å². The first kappa shape index (κ1) is 14.8. The van der Waals surface area contributed by atoms with Crippen LogP contribution in [0.2, 0.25) is 10.0 Å². The van der Waals surface area contributed by atoms with Crippen LogP contribution in [0.25, 0.3) is 0 Å². The third kappa shape index (κ3) is 3.27. The van der Waals surface area contributed by atoms with Gasteiger partial charge >= 0.3 is 0 Å². The van der Waals surface area contributed by atoms with Crippen molar-refractivity contribution >= 4 is 44.8 Å². The van der Waals surface area contributed by atoms with Crippen LogP contribution in [-0.2, 0) is 10.0 Å². The molecule has 0 atom stereocenters. The van der Waals surface area contributed by atoms with Gasteiger partial charge in [0.05, 0.1) is 23.2 Å². The number of halogens is 2. The summed E-state index contributed by atoms with van der Waals surface area (Å²) in [6, 6.07) is 4.53. The average Bonchev–Trinajstić information content (AvgIpc) is 2.82. The number of carbonyl (C=O) groups is 1. The van der Waals surface area contributed by atoms with Gasteiger partial charge in [0.1, 0.15) is 0 Å². The highest BCUT2D eigenvalue weighted by atomic mass is 35.5. The summed E-state index contributed by atoms with van der Waals surface area (Å²) in [5.74, 6) is -0.635. The molecule has 1 amide bonds. The van der Waals surface area contributed by atoms with Gasteiger partial charge in [-0.3, -0.25) is 4.79 Å². The highest BCUT2D eigenvalue weighted by Crippen LogP contribution is 2.25. The molecule has 0 bridgehead atoms. The van der Waals surface area contributed by atoms with E-state index in [0.717, 1.165) is 12.5 Å². The van der Waals surface area contributed by atoms with Crippen LogP contribution < -0.4 is 5.32 Å². The predicted molar refractivity (Wildman–Crippen MR) is 74.7 cm³/mol. The van der Waals surface area contributed by atoms with Crippen molar-refractivity contribution in [3.63, 3.8) is 0 Å². The van der Waals surface area contributed by atoms with Crippen molar-refractivity contribution in [2.24, 2.45) is 0 Å². The zero-order chi connectivity index (χ0) is 14.9. The summed E-state index contributed by atoms with van der Waals surface area (Å²) in [7, 11) is -3.63. The molecule has 0 saturated carbocycles. The third-order valence-electron chi connectivity index (χ3n) is 2.18. The van der Waals surface area contributed by atoms with Crippen LogP contribution in [-0.4, -0.2) is 35.0 Å². The molecule has 20 heavy (non-hydrogen) atoms. The highest BCUT2D eigenvalue weighted by molar-refractivity contribution is 7.88. The molecular weight excluding hydrogens is 327 g/mol. The first-order valence-electron chi connectivity index (χ1n) is 5.16. The van der Waals surface area contributed by atoms with Crippen LogP contribution >= 0.6 is 23.2 Å². The molecule has 1 N–H and O–H groups in total. The molecule has 7 nitrogen and oxygen atoms in total. The Bertz CT molecular complexity index is 773. The summed E-state index contributed by atoms with van der Waals surface area (Å²) < 4.78 is 22.8. The Labute approximate surface area is 124 Å². The zero-order valence-electron chi connectivity index (χ0n) is 10.0. The van der Waals surface area contributed by atoms with E-state index in [2.05, 4.69) is 15.5 Å². The van der Waals surface area contributed by atoms with Gasteiger partial charge in [-0.2, -0.15) is 0 Å². The van der Waals surface area contributed by atoms with Crippen molar-refractivity contribution in [3.8, 4) is 0 Å². The van der Waals surface area contributed by atoms with Gasteiger partial charge in [0, 0.05) is 5.02 Å². The molecule has 0 fully saturated rings. The van der Waals surface area contributed by atoms with E-state index in [1.54, 1.807) is 6.07 Å². The molecule has 1 heterocycles. The van der Waals surface area contributed by atoms with Crippen LogP contribution in [0.3, 0.4) is 0 Å². The van der Waals surface area contributed by atoms with Gasteiger partial charge in [-0.15, -0.1) is 10.2 Å². The summed E-state index contributed by atoms with van der Waals surface area (Å²) in [6.07, 6.45) is 1.96. The topological polar surface area (TPSA) is 94.0 Å². The number of amides is 1. The molecule has 1 aromatic heterocycles. The van der Waals surface area contributed by atoms with Gasteiger partial charge in [-0.25, -0.2) is 8.42 Å². The van der Waals surface area contributed by atoms with E-state index in [1.807, 2.05) is 0 Å². The van der Waals surface area contributed by atoms with Crippen LogP contribution in [0.1, 0.15) is 10.5 Å². The van der Waals surface area contributed by atoms with Crippen LogP contribution in [0, 0.1) is 0 Å². The van der Waals surface area contributed by atoms with E-state index in [1.165, 1.54) is 12.1 Å². The van der Waals surface area contributed by atoms with Gasteiger partial charge in [0.25, 0.3) is 15.9 Å². The van der Waals surface area contributed by atoms with Gasteiger partial charge in [-0.05, 0) is 18.2 Å². The SMILES string of the molecule is CS(=O)(=O)n1ncc(C(=O)Nc2ccc(Cl)cc2Cl)n1. The third-order valence-corrected chi connectivity index (χ3v) is 3.50. The Morgan fingerprint density at radius 1 is 1.35 bits per heavy atom. The van der Waals surface area contributed by atoms with Crippen LogP contribution in [0.15, 0.2) is 24.4 Å². The first-order chi connectivity index (χ1) is 9.27. The number of anilines is 1. The molecule has 0 unspecified atom stereocenters. The molecule has 0 spiro atoms. The number of rotatable bonds is 3. The first-order valence-corrected chi connectivity index (χ1v) is 7.77. The Hall–Kier alpha value is -1.64. The highest BCUT2D eigenvalue weighted by Gasteiger charge is 2.16. The lowest BCUT2D eigenvalue weighted by molar-refractivity contribution is 0.102. The van der Waals surface area contributed by atoms with E-state index < -0.39 is 15.9 Å². The minimum Gasteiger partial charge on any atom is -0.319 e. The number of nitrogens with zero attached hydrogens (tertiary/aromatic N) is 3. The zero-order valence-corrected chi connectivity index (χ0v) is 12.4. The van der Waals surface area contributed by atoms with Crippen molar-refractivity contribution in [3.05, 3.63) is 40.1 Å². The molecule has 2 aromatic rings. The van der Waals surface area contributed by atoms with E-state index in [-0.39, 0.29) is 10.7 Å².